The van der Waals surface area contributed by atoms with Gasteiger partial charge >= 0.3 is 11.9 Å². The number of aromatic hydroxyl groups is 1. The van der Waals surface area contributed by atoms with Gasteiger partial charge in [-0.3, -0.25) is 0 Å². The Labute approximate surface area is 257 Å². The van der Waals surface area contributed by atoms with E-state index in [0.29, 0.717) is 33.8 Å². The fraction of sp³-hybridized carbons (Fsp3) is 0. The molecule has 0 heterocycles. The molecule has 0 amide bonds. The molecule has 0 radical (unpaired) electrons. The van der Waals surface area contributed by atoms with Crippen LogP contribution in [0.3, 0.4) is 0 Å². The van der Waals surface area contributed by atoms with E-state index in [-0.39, 0.29) is 5.75 Å². The molecule has 0 saturated carbocycles. The van der Waals surface area contributed by atoms with E-state index in [2.05, 4.69) is 6.07 Å². The number of fused-ring (bicyclic) bond motifs is 3. The van der Waals surface area contributed by atoms with Gasteiger partial charge in [0.15, 0.2) is 0 Å². The van der Waals surface area contributed by atoms with Crippen molar-refractivity contribution >= 4 is 44.3 Å². The Kier molecular flexibility index (Phi) is 6.89. The van der Waals surface area contributed by atoms with Gasteiger partial charge in [-0.05, 0) is 105 Å². The normalized spacial score (nSPS) is 10.9. The van der Waals surface area contributed by atoms with Crippen LogP contribution in [0.5, 0.6) is 17.2 Å². The van der Waals surface area contributed by atoms with E-state index in [1.54, 1.807) is 72.8 Å². The lowest BCUT2D eigenvalue weighted by atomic mass is 9.92. The van der Waals surface area contributed by atoms with Crippen LogP contribution < -0.4 is 9.47 Å². The number of phenolic OH excluding ortho intramolecular Hbond substituents is 1. The average Bonchev–Trinajstić information content (AvgIpc) is 3.07. The first-order valence-corrected chi connectivity index (χ1v) is 14.2. The zero-order valence-electron chi connectivity index (χ0n) is 23.7. The number of rotatable bonds is 5. The molecule has 0 aliphatic heterocycles. The van der Waals surface area contributed by atoms with Crippen LogP contribution in [-0.4, -0.2) is 17.0 Å². The summed E-state index contributed by atoms with van der Waals surface area (Å²) < 4.78 is 12.0. The van der Waals surface area contributed by atoms with E-state index >= 15 is 0 Å². The van der Waals surface area contributed by atoms with Gasteiger partial charge in [-0.25, -0.2) is 9.59 Å². The van der Waals surface area contributed by atoms with Gasteiger partial charge in [0.05, 0.1) is 22.8 Å². The van der Waals surface area contributed by atoms with Crippen molar-refractivity contribution in [2.24, 2.45) is 0 Å². The van der Waals surface area contributed by atoms with Crippen LogP contribution in [-0.2, 0) is 0 Å². The Hall–Kier alpha value is -6.45. The van der Waals surface area contributed by atoms with Crippen LogP contribution in [0.4, 0.5) is 0 Å². The minimum Gasteiger partial charge on any atom is -0.508 e. The van der Waals surface area contributed by atoms with Crippen LogP contribution >= 0.6 is 0 Å². The van der Waals surface area contributed by atoms with Crippen molar-refractivity contribution in [2.45, 2.75) is 0 Å². The fourth-order valence-corrected chi connectivity index (χ4v) is 5.53. The summed E-state index contributed by atoms with van der Waals surface area (Å²) in [6.07, 6.45) is 0. The smallest absolute Gasteiger partial charge is 0.343 e. The predicted octanol–water partition coefficient (Wildman–Crippen LogP) is 8.83. The number of carbonyl (C=O) groups excluding carboxylic acids is 2. The summed E-state index contributed by atoms with van der Waals surface area (Å²) in [5.41, 5.74) is 2.52. The highest BCUT2D eigenvalue weighted by Crippen LogP contribution is 2.43. The van der Waals surface area contributed by atoms with Crippen molar-refractivity contribution in [3.63, 3.8) is 0 Å². The molecule has 7 rings (SSSR count). The van der Waals surface area contributed by atoms with Crippen LogP contribution in [0.25, 0.3) is 43.4 Å². The minimum atomic E-state index is -0.562. The first-order chi connectivity index (χ1) is 22.0. The molecule has 0 spiro atoms. The molecule has 6 heteroatoms. The lowest BCUT2D eigenvalue weighted by Gasteiger charge is -2.17. The molecule has 0 aromatic heterocycles. The molecule has 0 unspecified atom stereocenters. The molecule has 0 aliphatic rings. The summed E-state index contributed by atoms with van der Waals surface area (Å²) in [6.45, 7) is 0. The number of carbonyl (C=O) groups is 2. The number of hydrogen-bond acceptors (Lipinski definition) is 6. The highest BCUT2D eigenvalue weighted by Gasteiger charge is 2.20. The third kappa shape index (κ3) is 5.31. The Bertz CT molecular complexity index is 2330. The van der Waals surface area contributed by atoms with Gasteiger partial charge in [0.25, 0.3) is 0 Å². The fourth-order valence-electron chi connectivity index (χ4n) is 5.53. The van der Waals surface area contributed by atoms with E-state index in [0.717, 1.165) is 37.9 Å². The number of nitriles is 1. The Balaban J connectivity index is 1.33. The first kappa shape index (κ1) is 27.4. The summed E-state index contributed by atoms with van der Waals surface area (Å²) in [4.78, 5) is 26.7. The molecular weight excluding hydrogens is 562 g/mol. The monoisotopic (exact) mass is 585 g/mol. The quantitative estimate of drug-likeness (QED) is 0.160. The second-order valence-electron chi connectivity index (χ2n) is 10.6. The van der Waals surface area contributed by atoms with Gasteiger partial charge in [0.1, 0.15) is 17.2 Å². The highest BCUT2D eigenvalue weighted by atomic mass is 16.5. The standard InChI is InChI=1S/C39H23NO5/c40-23-24-9-11-26(12-10-24)38(42)45-36-18-16-25-5-1-4-8-34(25)37(36)35-22-32(21-29-6-2-3-7-33(29)35)44-39(43)30-14-13-28-20-31(41)17-15-27(28)19-30/h1-22,41H. The molecule has 0 aliphatic carbocycles. The largest absolute Gasteiger partial charge is 0.508 e. The second-order valence-corrected chi connectivity index (χ2v) is 10.6. The lowest BCUT2D eigenvalue weighted by Crippen LogP contribution is -2.10. The lowest BCUT2D eigenvalue weighted by molar-refractivity contribution is 0.0726. The maximum absolute atomic E-state index is 13.4. The average molecular weight is 586 g/mol. The van der Waals surface area contributed by atoms with Crippen molar-refractivity contribution in [3.05, 3.63) is 150 Å². The van der Waals surface area contributed by atoms with E-state index in [4.69, 9.17) is 14.7 Å². The van der Waals surface area contributed by atoms with Gasteiger partial charge in [-0.1, -0.05) is 66.7 Å². The highest BCUT2D eigenvalue weighted by molar-refractivity contribution is 6.09. The van der Waals surface area contributed by atoms with Crippen LogP contribution in [0.1, 0.15) is 26.3 Å². The molecule has 1 N–H and O–H groups in total. The van der Waals surface area contributed by atoms with Crippen LogP contribution in [0.2, 0.25) is 0 Å². The van der Waals surface area contributed by atoms with E-state index < -0.39 is 11.9 Å². The van der Waals surface area contributed by atoms with Gasteiger partial charge < -0.3 is 14.6 Å². The maximum Gasteiger partial charge on any atom is 0.343 e. The number of ether oxygens (including phenoxy) is 2. The van der Waals surface area contributed by atoms with Crippen LogP contribution in [0.15, 0.2) is 133 Å². The maximum atomic E-state index is 13.4. The predicted molar refractivity (Wildman–Crippen MR) is 174 cm³/mol. The summed E-state index contributed by atoms with van der Waals surface area (Å²) in [6, 6.07) is 41.2. The van der Waals surface area contributed by atoms with Gasteiger partial charge in [-0.15, -0.1) is 0 Å². The number of nitrogens with zero attached hydrogens (tertiary/aromatic N) is 1. The Morgan fingerprint density at radius 1 is 0.578 bits per heavy atom. The van der Waals surface area contributed by atoms with Crippen molar-refractivity contribution < 1.29 is 24.2 Å². The first-order valence-electron chi connectivity index (χ1n) is 14.2. The van der Waals surface area contributed by atoms with Gasteiger partial charge in [-0.2, -0.15) is 5.26 Å². The molecule has 45 heavy (non-hydrogen) atoms. The SMILES string of the molecule is N#Cc1ccc(C(=O)Oc2ccc3ccccc3c2-c2cc(OC(=O)c3ccc4cc(O)ccc4c3)cc3ccccc23)cc1. The molecule has 0 saturated heterocycles. The van der Waals surface area contributed by atoms with Gasteiger partial charge in [0.2, 0.25) is 0 Å². The van der Waals surface area contributed by atoms with Crippen LogP contribution in [0, 0.1) is 11.3 Å². The zero-order chi connectivity index (χ0) is 30.9. The third-order valence-corrected chi connectivity index (χ3v) is 7.72. The summed E-state index contributed by atoms with van der Waals surface area (Å²) >= 11 is 0. The number of benzene rings is 7. The number of esters is 2. The molecule has 0 bridgehead atoms. The Morgan fingerprint density at radius 3 is 2.02 bits per heavy atom. The van der Waals surface area contributed by atoms with E-state index in [9.17, 15) is 14.7 Å². The third-order valence-electron chi connectivity index (χ3n) is 7.72. The van der Waals surface area contributed by atoms with Gasteiger partial charge in [0, 0.05) is 5.56 Å². The van der Waals surface area contributed by atoms with E-state index in [1.165, 1.54) is 0 Å². The minimum absolute atomic E-state index is 0.150. The molecule has 0 atom stereocenters. The number of phenols is 1. The summed E-state index contributed by atoms with van der Waals surface area (Å²) in [5.74, 6) is -0.271. The topological polar surface area (TPSA) is 96.6 Å². The molecule has 7 aromatic rings. The Morgan fingerprint density at radius 2 is 1.22 bits per heavy atom. The molecule has 7 aromatic carbocycles. The molecule has 0 fully saturated rings. The van der Waals surface area contributed by atoms with E-state index in [1.807, 2.05) is 60.7 Å². The summed E-state index contributed by atoms with van der Waals surface area (Å²) in [7, 11) is 0. The van der Waals surface area contributed by atoms with Crippen molar-refractivity contribution in [2.75, 3.05) is 0 Å². The number of hydrogen-bond donors (Lipinski definition) is 1. The molecule has 6 nitrogen and oxygen atoms in total. The van der Waals surface area contributed by atoms with Crippen molar-refractivity contribution in [3.8, 4) is 34.4 Å². The molecular formula is C39H23NO5. The van der Waals surface area contributed by atoms with Crippen molar-refractivity contribution in [1.82, 2.24) is 0 Å². The zero-order valence-corrected chi connectivity index (χ0v) is 23.7. The van der Waals surface area contributed by atoms with Crippen molar-refractivity contribution in [1.29, 1.82) is 5.26 Å². The summed E-state index contributed by atoms with van der Waals surface area (Å²) in [5, 5.41) is 24.1. The molecule has 214 valence electrons. The second kappa shape index (κ2) is 11.3.